The number of carbonyl (C=O) groups is 3. The summed E-state index contributed by atoms with van der Waals surface area (Å²) in [5.41, 5.74) is 0.875. The second kappa shape index (κ2) is 11.2. The highest BCUT2D eigenvalue weighted by molar-refractivity contribution is 6.34. The van der Waals surface area contributed by atoms with Crippen LogP contribution in [-0.2, 0) is 4.79 Å². The highest BCUT2D eigenvalue weighted by Crippen LogP contribution is 2.30. The van der Waals surface area contributed by atoms with Gasteiger partial charge in [0.1, 0.15) is 5.75 Å². The highest BCUT2D eigenvalue weighted by atomic mass is 35.5. The molecule has 3 aromatic rings. The molecular weight excluding hydrogens is 468 g/mol. The van der Waals surface area contributed by atoms with Crippen LogP contribution >= 0.6 is 11.6 Å². The van der Waals surface area contributed by atoms with E-state index >= 15 is 0 Å². The summed E-state index contributed by atoms with van der Waals surface area (Å²) < 4.78 is 5.94. The number of hydrogen-bond acceptors (Lipinski definition) is 4. The summed E-state index contributed by atoms with van der Waals surface area (Å²) in [7, 11) is 0. The Labute approximate surface area is 208 Å². The second-order valence-corrected chi connectivity index (χ2v) is 9.05. The monoisotopic (exact) mass is 494 g/mol. The van der Waals surface area contributed by atoms with Gasteiger partial charge in [-0.05, 0) is 66.8 Å². The van der Waals surface area contributed by atoms with Gasteiger partial charge in [0.15, 0.2) is 0 Å². The molecule has 1 aliphatic carbocycles. The quantitative estimate of drug-likeness (QED) is 0.394. The van der Waals surface area contributed by atoms with E-state index < -0.39 is 5.97 Å². The highest BCUT2D eigenvalue weighted by Gasteiger charge is 2.27. The molecule has 182 valence electrons. The normalized spacial score (nSPS) is 17.5. The smallest absolute Gasteiger partial charge is 0.306 e. The van der Waals surface area contributed by atoms with E-state index in [1.807, 2.05) is 36.4 Å². The lowest BCUT2D eigenvalue weighted by molar-refractivity contribution is -0.143. The first-order chi connectivity index (χ1) is 16.9. The van der Waals surface area contributed by atoms with E-state index in [-0.39, 0.29) is 41.9 Å². The minimum Gasteiger partial charge on any atom is -0.490 e. The van der Waals surface area contributed by atoms with Gasteiger partial charge in [0.2, 0.25) is 0 Å². The van der Waals surface area contributed by atoms with Crippen molar-refractivity contribution in [1.29, 1.82) is 0 Å². The summed E-state index contributed by atoms with van der Waals surface area (Å²) in [5.74, 6) is -1.06. The Hall–Kier alpha value is -3.58. The molecule has 0 aromatic heterocycles. The minimum atomic E-state index is -0.755. The van der Waals surface area contributed by atoms with E-state index in [4.69, 9.17) is 21.4 Å². The Morgan fingerprint density at radius 3 is 2.23 bits per heavy atom. The number of carboxylic acid groups (broad SMARTS) is 1. The molecule has 8 heteroatoms. The molecule has 0 unspecified atom stereocenters. The number of aliphatic carboxylic acids is 1. The molecule has 0 bridgehead atoms. The van der Waals surface area contributed by atoms with Gasteiger partial charge in [-0.1, -0.05) is 41.9 Å². The summed E-state index contributed by atoms with van der Waals surface area (Å²) in [4.78, 5) is 36.0. The standard InChI is InChI=1S/C27H27ClN2O5/c28-24-16-22(35-21-9-7-18(8-10-21)27(33)34)11-12-23(24)26(32)30-14-13-29-25(31)20-6-5-17-3-1-2-4-19(17)15-20/h1-6,11-12,15-16,18,21H,7-10,13-14H2,(H,29,31)(H,30,32)(H,33,34)/t18-,21+. The maximum absolute atomic E-state index is 12.5. The first kappa shape index (κ1) is 24.5. The molecular formula is C27H27ClN2O5. The Kier molecular flexibility index (Phi) is 7.87. The van der Waals surface area contributed by atoms with Crippen LogP contribution in [-0.4, -0.2) is 42.1 Å². The molecule has 1 saturated carbocycles. The fourth-order valence-electron chi connectivity index (χ4n) is 4.25. The zero-order chi connectivity index (χ0) is 24.8. The molecule has 0 spiro atoms. The Bertz CT molecular complexity index is 1240. The third-order valence-electron chi connectivity index (χ3n) is 6.22. The molecule has 7 nitrogen and oxygen atoms in total. The van der Waals surface area contributed by atoms with Gasteiger partial charge in [-0.2, -0.15) is 0 Å². The van der Waals surface area contributed by atoms with Gasteiger partial charge in [0.25, 0.3) is 11.8 Å². The van der Waals surface area contributed by atoms with Crippen LogP contribution in [0.15, 0.2) is 60.7 Å². The topological polar surface area (TPSA) is 105 Å². The number of benzene rings is 3. The maximum Gasteiger partial charge on any atom is 0.306 e. The summed E-state index contributed by atoms with van der Waals surface area (Å²) in [6.45, 7) is 0.523. The van der Waals surface area contributed by atoms with E-state index in [1.54, 1.807) is 24.3 Å². The number of carbonyl (C=O) groups excluding carboxylic acids is 2. The molecule has 35 heavy (non-hydrogen) atoms. The van der Waals surface area contributed by atoms with Crippen molar-refractivity contribution in [3.05, 3.63) is 76.8 Å². The van der Waals surface area contributed by atoms with Crippen LogP contribution < -0.4 is 15.4 Å². The average Bonchev–Trinajstić information content (AvgIpc) is 2.86. The van der Waals surface area contributed by atoms with E-state index in [1.165, 1.54) is 0 Å². The van der Waals surface area contributed by atoms with Crippen LogP contribution in [0.5, 0.6) is 5.75 Å². The lowest BCUT2D eigenvalue weighted by Crippen LogP contribution is -2.34. The Morgan fingerprint density at radius 1 is 0.857 bits per heavy atom. The minimum absolute atomic E-state index is 0.0624. The fourth-order valence-corrected chi connectivity index (χ4v) is 4.51. The number of halogens is 1. The van der Waals surface area contributed by atoms with E-state index in [2.05, 4.69) is 10.6 Å². The molecule has 0 heterocycles. The van der Waals surface area contributed by atoms with Gasteiger partial charge in [-0.3, -0.25) is 14.4 Å². The van der Waals surface area contributed by atoms with Crippen LogP contribution in [0.4, 0.5) is 0 Å². The van der Waals surface area contributed by atoms with Crippen molar-refractivity contribution in [2.24, 2.45) is 5.92 Å². The first-order valence-corrected chi connectivity index (χ1v) is 12.0. The molecule has 0 aliphatic heterocycles. The van der Waals surface area contributed by atoms with Crippen molar-refractivity contribution in [1.82, 2.24) is 10.6 Å². The van der Waals surface area contributed by atoms with Crippen LogP contribution in [0.2, 0.25) is 5.02 Å². The molecule has 1 aliphatic rings. The van der Waals surface area contributed by atoms with Gasteiger partial charge in [-0.15, -0.1) is 0 Å². The summed E-state index contributed by atoms with van der Waals surface area (Å²) >= 11 is 6.31. The van der Waals surface area contributed by atoms with Gasteiger partial charge in [-0.25, -0.2) is 0 Å². The van der Waals surface area contributed by atoms with E-state index in [0.717, 1.165) is 10.8 Å². The predicted molar refractivity (Wildman–Crippen MR) is 134 cm³/mol. The van der Waals surface area contributed by atoms with Crippen molar-refractivity contribution in [3.8, 4) is 5.75 Å². The summed E-state index contributed by atoms with van der Waals surface area (Å²) in [6.07, 6.45) is 2.45. The number of hydrogen-bond donors (Lipinski definition) is 3. The van der Waals surface area contributed by atoms with Crippen molar-refractivity contribution in [2.45, 2.75) is 31.8 Å². The Morgan fingerprint density at radius 2 is 1.54 bits per heavy atom. The van der Waals surface area contributed by atoms with Gasteiger partial charge in [0, 0.05) is 18.7 Å². The fraction of sp³-hybridized carbons (Fsp3) is 0.296. The number of fused-ring (bicyclic) bond motifs is 1. The van der Waals surface area contributed by atoms with Crippen LogP contribution in [0.1, 0.15) is 46.4 Å². The van der Waals surface area contributed by atoms with Gasteiger partial charge in [0.05, 0.1) is 22.6 Å². The molecule has 2 amide bonds. The second-order valence-electron chi connectivity index (χ2n) is 8.65. The molecule has 0 saturated heterocycles. The molecule has 4 rings (SSSR count). The lowest BCUT2D eigenvalue weighted by Gasteiger charge is -2.26. The molecule has 0 radical (unpaired) electrons. The zero-order valence-electron chi connectivity index (χ0n) is 19.1. The first-order valence-electron chi connectivity index (χ1n) is 11.6. The van der Waals surface area contributed by atoms with Crippen LogP contribution in [0, 0.1) is 5.92 Å². The van der Waals surface area contributed by atoms with Crippen molar-refractivity contribution in [3.63, 3.8) is 0 Å². The van der Waals surface area contributed by atoms with E-state index in [0.29, 0.717) is 42.6 Å². The number of amides is 2. The Balaban J connectivity index is 1.23. The SMILES string of the molecule is O=C(NCCNC(=O)c1ccc(O[C@H]2CC[C@@H](C(=O)O)CC2)cc1Cl)c1ccc2ccccc2c1. The number of rotatable bonds is 8. The summed E-state index contributed by atoms with van der Waals surface area (Å²) in [6, 6.07) is 18.2. The number of carboxylic acids is 1. The third-order valence-corrected chi connectivity index (χ3v) is 6.53. The van der Waals surface area contributed by atoms with Crippen molar-refractivity contribution >= 4 is 40.2 Å². The third kappa shape index (κ3) is 6.31. The average molecular weight is 495 g/mol. The van der Waals surface area contributed by atoms with Crippen LogP contribution in [0.25, 0.3) is 10.8 Å². The molecule has 3 N–H and O–H groups in total. The molecule has 0 atom stereocenters. The van der Waals surface area contributed by atoms with E-state index in [9.17, 15) is 14.4 Å². The summed E-state index contributed by atoms with van der Waals surface area (Å²) in [5, 5.41) is 17.0. The predicted octanol–water partition coefficient (Wildman–Crippen LogP) is 4.68. The molecule has 1 fully saturated rings. The number of nitrogens with one attached hydrogen (secondary N) is 2. The lowest BCUT2D eigenvalue weighted by atomic mass is 9.87. The van der Waals surface area contributed by atoms with Gasteiger partial charge >= 0.3 is 5.97 Å². The maximum atomic E-state index is 12.5. The zero-order valence-corrected chi connectivity index (χ0v) is 19.9. The van der Waals surface area contributed by atoms with Crippen molar-refractivity contribution < 1.29 is 24.2 Å². The number of ether oxygens (including phenoxy) is 1. The largest absolute Gasteiger partial charge is 0.490 e. The molecule has 3 aromatic carbocycles. The van der Waals surface area contributed by atoms with Gasteiger partial charge < -0.3 is 20.5 Å². The van der Waals surface area contributed by atoms with Crippen LogP contribution in [0.3, 0.4) is 0 Å². The van der Waals surface area contributed by atoms with Crippen molar-refractivity contribution in [2.75, 3.05) is 13.1 Å².